The smallest absolute Gasteiger partial charge is 0.254 e. The van der Waals surface area contributed by atoms with E-state index >= 15 is 0 Å². The molecule has 2 N–H and O–H groups in total. The predicted molar refractivity (Wildman–Crippen MR) is 143 cm³/mol. The average Bonchev–Trinajstić information content (AvgIpc) is 3.54. The molecule has 0 saturated carbocycles. The first kappa shape index (κ1) is 26.2. The molecular weight excluding hydrogens is 474 g/mol. The molecule has 2 heterocycles. The highest BCUT2D eigenvalue weighted by Gasteiger charge is 2.31. The number of aromatic nitrogens is 2. The minimum absolute atomic E-state index is 0.0307. The van der Waals surface area contributed by atoms with Gasteiger partial charge in [0.15, 0.2) is 0 Å². The highest BCUT2D eigenvalue weighted by atomic mass is 32.2. The minimum Gasteiger partial charge on any atom is -0.593 e. The summed E-state index contributed by atoms with van der Waals surface area (Å²) in [6, 6.07) is 15.5. The standard InChI is InChI=1S/C27H35N5O3S/c1-5-10-22-13-9-14-32(22)25(33)21-15-20(16-23(17-21)31(3)36(4)34)24-29-30-26(35-24)27(2,28)18-19-11-7-6-8-12-19/h6-8,11-12,15-17,22H,5,9-10,13-14,18,28H2,1-4H3/t22-,27?,36?/m0/s1. The van der Waals surface area contributed by atoms with Crippen molar-refractivity contribution < 1.29 is 13.8 Å². The molecule has 36 heavy (non-hydrogen) atoms. The molecule has 1 amide bonds. The van der Waals surface area contributed by atoms with Gasteiger partial charge in [-0.1, -0.05) is 43.7 Å². The van der Waals surface area contributed by atoms with Gasteiger partial charge in [-0.05, 0) is 56.4 Å². The van der Waals surface area contributed by atoms with E-state index < -0.39 is 16.9 Å². The Labute approximate surface area is 216 Å². The highest BCUT2D eigenvalue weighted by molar-refractivity contribution is 7.92. The van der Waals surface area contributed by atoms with E-state index in [1.807, 2.05) is 48.2 Å². The van der Waals surface area contributed by atoms with Crippen LogP contribution in [0, 0.1) is 0 Å². The number of hydrogen-bond donors (Lipinski definition) is 1. The zero-order chi connectivity index (χ0) is 25.9. The fourth-order valence-electron chi connectivity index (χ4n) is 4.76. The van der Waals surface area contributed by atoms with Gasteiger partial charge >= 0.3 is 0 Å². The monoisotopic (exact) mass is 509 g/mol. The van der Waals surface area contributed by atoms with E-state index in [1.165, 1.54) is 0 Å². The van der Waals surface area contributed by atoms with Crippen LogP contribution >= 0.6 is 0 Å². The van der Waals surface area contributed by atoms with Crippen LogP contribution in [-0.4, -0.2) is 51.4 Å². The first-order chi connectivity index (χ1) is 17.2. The number of anilines is 1. The van der Waals surface area contributed by atoms with Crippen LogP contribution in [0.2, 0.25) is 0 Å². The molecule has 0 aliphatic carbocycles. The summed E-state index contributed by atoms with van der Waals surface area (Å²) in [4.78, 5) is 15.5. The molecule has 8 nitrogen and oxygen atoms in total. The van der Waals surface area contributed by atoms with Crippen LogP contribution in [0.3, 0.4) is 0 Å². The van der Waals surface area contributed by atoms with Gasteiger partial charge in [0.25, 0.3) is 5.91 Å². The highest BCUT2D eigenvalue weighted by Crippen LogP contribution is 2.31. The topological polar surface area (TPSA) is 112 Å². The van der Waals surface area contributed by atoms with Crippen molar-refractivity contribution in [3.63, 3.8) is 0 Å². The van der Waals surface area contributed by atoms with E-state index in [-0.39, 0.29) is 17.8 Å². The number of benzene rings is 2. The Morgan fingerprint density at radius 1 is 1.28 bits per heavy atom. The second kappa shape index (κ2) is 11.0. The molecule has 3 aromatic rings. The van der Waals surface area contributed by atoms with Gasteiger partial charge in [-0.2, -0.15) is 4.31 Å². The van der Waals surface area contributed by atoms with Crippen LogP contribution < -0.4 is 10.0 Å². The SMILES string of the molecule is CCC[C@H]1CCCN1C(=O)c1cc(-c2nnc(C(C)(N)Cc3ccccc3)o2)cc(N(C)[S+](C)[O-])c1. The molecule has 0 spiro atoms. The van der Waals surface area contributed by atoms with E-state index in [4.69, 9.17) is 10.2 Å². The van der Waals surface area contributed by atoms with Crippen molar-refractivity contribution in [2.75, 3.05) is 24.2 Å². The molecule has 1 aliphatic rings. The van der Waals surface area contributed by atoms with Crippen LogP contribution in [0.1, 0.15) is 61.3 Å². The molecule has 0 radical (unpaired) electrons. The van der Waals surface area contributed by atoms with Crippen molar-refractivity contribution in [1.82, 2.24) is 15.1 Å². The fourth-order valence-corrected chi connectivity index (χ4v) is 5.16. The van der Waals surface area contributed by atoms with E-state index in [1.54, 1.807) is 29.7 Å². The number of nitrogens with zero attached hydrogens (tertiary/aromatic N) is 4. The minimum atomic E-state index is -1.27. The zero-order valence-corrected chi connectivity index (χ0v) is 22.3. The average molecular weight is 510 g/mol. The van der Waals surface area contributed by atoms with Crippen molar-refractivity contribution in [3.8, 4) is 11.5 Å². The van der Waals surface area contributed by atoms with E-state index in [2.05, 4.69) is 17.1 Å². The summed E-state index contributed by atoms with van der Waals surface area (Å²) in [6.45, 7) is 4.74. The number of hydrogen-bond acceptors (Lipinski definition) is 7. The van der Waals surface area contributed by atoms with Crippen LogP contribution in [0.25, 0.3) is 11.5 Å². The number of amides is 1. The zero-order valence-electron chi connectivity index (χ0n) is 21.4. The molecule has 2 unspecified atom stereocenters. The van der Waals surface area contributed by atoms with Crippen LogP contribution in [-0.2, 0) is 23.3 Å². The number of rotatable bonds is 9. The summed E-state index contributed by atoms with van der Waals surface area (Å²) in [5, 5.41) is 8.51. The van der Waals surface area contributed by atoms with E-state index in [9.17, 15) is 9.35 Å². The van der Waals surface area contributed by atoms with Crippen molar-refractivity contribution in [2.45, 2.75) is 57.5 Å². The quantitative estimate of drug-likeness (QED) is 0.428. The molecule has 4 rings (SSSR count). The second-order valence-corrected chi connectivity index (χ2v) is 11.2. The van der Waals surface area contributed by atoms with Gasteiger partial charge in [0, 0.05) is 23.7 Å². The lowest BCUT2D eigenvalue weighted by Gasteiger charge is -2.25. The number of nitrogens with two attached hydrogens (primary N) is 1. The normalized spacial score (nSPS) is 18.2. The predicted octanol–water partition coefficient (Wildman–Crippen LogP) is 4.29. The first-order valence-corrected chi connectivity index (χ1v) is 13.9. The van der Waals surface area contributed by atoms with Crippen LogP contribution in [0.4, 0.5) is 5.69 Å². The van der Waals surface area contributed by atoms with Gasteiger partial charge in [0.05, 0.1) is 29.6 Å². The maximum absolute atomic E-state index is 13.6. The van der Waals surface area contributed by atoms with Crippen molar-refractivity contribution in [2.24, 2.45) is 5.73 Å². The molecule has 1 aromatic heterocycles. The lowest BCUT2D eigenvalue weighted by atomic mass is 9.94. The molecule has 2 aromatic carbocycles. The van der Waals surface area contributed by atoms with E-state index in [0.717, 1.165) is 37.8 Å². The third-order valence-corrected chi connectivity index (χ3v) is 7.73. The third kappa shape index (κ3) is 5.74. The molecule has 192 valence electrons. The second-order valence-electron chi connectivity index (χ2n) is 9.77. The summed E-state index contributed by atoms with van der Waals surface area (Å²) in [6.07, 6.45) is 6.17. The molecule has 1 saturated heterocycles. The fraction of sp³-hybridized carbons (Fsp3) is 0.444. The van der Waals surface area contributed by atoms with Gasteiger partial charge < -0.3 is 19.6 Å². The number of carbonyl (C=O) groups is 1. The van der Waals surface area contributed by atoms with Crippen LogP contribution in [0.5, 0.6) is 0 Å². The Balaban J connectivity index is 1.68. The lowest BCUT2D eigenvalue weighted by Crippen LogP contribution is -2.36. The Hall–Kier alpha value is -2.88. The summed E-state index contributed by atoms with van der Waals surface area (Å²) in [5.41, 5.74) is 8.53. The maximum Gasteiger partial charge on any atom is 0.254 e. The van der Waals surface area contributed by atoms with Gasteiger partial charge in [-0.15, -0.1) is 10.2 Å². The molecule has 1 aliphatic heterocycles. The largest absolute Gasteiger partial charge is 0.593 e. The Bertz CT molecular complexity index is 1180. The van der Waals surface area contributed by atoms with Gasteiger partial charge in [-0.3, -0.25) is 4.79 Å². The Morgan fingerprint density at radius 2 is 2.03 bits per heavy atom. The lowest BCUT2D eigenvalue weighted by molar-refractivity contribution is 0.0730. The van der Waals surface area contributed by atoms with Crippen molar-refractivity contribution in [3.05, 3.63) is 65.5 Å². The Morgan fingerprint density at radius 3 is 2.72 bits per heavy atom. The number of carbonyl (C=O) groups excluding carboxylic acids is 1. The molecule has 1 fully saturated rings. The summed E-state index contributed by atoms with van der Waals surface area (Å²) < 4.78 is 19.9. The summed E-state index contributed by atoms with van der Waals surface area (Å²) in [7, 11) is 1.73. The maximum atomic E-state index is 13.6. The first-order valence-electron chi connectivity index (χ1n) is 12.4. The van der Waals surface area contributed by atoms with Crippen molar-refractivity contribution >= 4 is 23.0 Å². The van der Waals surface area contributed by atoms with Gasteiger partial charge in [0.2, 0.25) is 11.8 Å². The Kier molecular flexibility index (Phi) is 8.02. The summed E-state index contributed by atoms with van der Waals surface area (Å²) >= 11 is -1.27. The molecule has 9 heteroatoms. The van der Waals surface area contributed by atoms with Crippen LogP contribution in [0.15, 0.2) is 52.9 Å². The molecule has 0 bridgehead atoms. The molecule has 3 atom stereocenters. The molecular formula is C27H35N5O3S. The summed E-state index contributed by atoms with van der Waals surface area (Å²) in [5.74, 6) is 0.555. The van der Waals surface area contributed by atoms with E-state index in [0.29, 0.717) is 29.1 Å². The van der Waals surface area contributed by atoms with Gasteiger partial charge in [0.1, 0.15) is 6.26 Å². The van der Waals surface area contributed by atoms with Crippen molar-refractivity contribution in [1.29, 1.82) is 0 Å². The van der Waals surface area contributed by atoms with Gasteiger partial charge in [-0.25, -0.2) is 0 Å². The number of likely N-dealkylation sites (tertiary alicyclic amines) is 1. The third-order valence-electron chi connectivity index (χ3n) is 6.75.